The second-order valence-electron chi connectivity index (χ2n) is 6.90. The van der Waals surface area contributed by atoms with Crippen molar-refractivity contribution in [2.75, 3.05) is 26.2 Å². The molecule has 5 nitrogen and oxygen atoms in total. The Bertz CT molecular complexity index is 720. The number of rotatable bonds is 4. The number of carbonyl (C=O) groups excluding carboxylic acids is 1. The van der Waals surface area contributed by atoms with Crippen molar-refractivity contribution in [1.82, 2.24) is 19.6 Å². The van der Waals surface area contributed by atoms with Gasteiger partial charge in [-0.2, -0.15) is 5.10 Å². The lowest BCUT2D eigenvalue weighted by molar-refractivity contribution is 0.0511. The Morgan fingerprint density at radius 3 is 2.28 bits per heavy atom. The van der Waals surface area contributed by atoms with E-state index in [1.165, 1.54) is 10.2 Å². The molecule has 1 atom stereocenters. The van der Waals surface area contributed by atoms with Crippen LogP contribution in [0.25, 0.3) is 0 Å². The molecule has 25 heavy (non-hydrogen) atoms. The van der Waals surface area contributed by atoms with Crippen molar-refractivity contribution in [2.45, 2.75) is 19.9 Å². The van der Waals surface area contributed by atoms with E-state index in [1.54, 1.807) is 13.2 Å². The van der Waals surface area contributed by atoms with Crippen LogP contribution in [-0.2, 0) is 7.05 Å². The summed E-state index contributed by atoms with van der Waals surface area (Å²) in [6, 6.07) is 11.0. The van der Waals surface area contributed by atoms with Crippen molar-refractivity contribution in [1.29, 1.82) is 0 Å². The normalized spacial score (nSPS) is 17.1. The smallest absolute Gasteiger partial charge is 0.258 e. The fourth-order valence-corrected chi connectivity index (χ4v) is 3.78. The van der Waals surface area contributed by atoms with Gasteiger partial charge in [0.05, 0.1) is 11.8 Å². The summed E-state index contributed by atoms with van der Waals surface area (Å²) in [6.07, 6.45) is 1.55. The predicted octanol–water partition coefficient (Wildman–Crippen LogP) is 3.23. The zero-order valence-corrected chi connectivity index (χ0v) is 15.8. The van der Waals surface area contributed by atoms with Crippen LogP contribution in [0.15, 0.2) is 36.5 Å². The molecule has 1 amide bonds. The molecule has 1 aromatic carbocycles. The molecule has 0 aliphatic carbocycles. The van der Waals surface area contributed by atoms with Crippen LogP contribution >= 0.6 is 11.6 Å². The average Bonchev–Trinajstić information content (AvgIpc) is 2.95. The number of aryl methyl sites for hydroxylation is 1. The van der Waals surface area contributed by atoms with Crippen LogP contribution in [0.1, 0.15) is 35.8 Å². The van der Waals surface area contributed by atoms with Gasteiger partial charge >= 0.3 is 0 Å². The van der Waals surface area contributed by atoms with Gasteiger partial charge in [0.2, 0.25) is 0 Å². The fourth-order valence-electron chi connectivity index (χ4n) is 3.61. The van der Waals surface area contributed by atoms with Crippen LogP contribution in [0.2, 0.25) is 5.15 Å². The van der Waals surface area contributed by atoms with Gasteiger partial charge in [-0.15, -0.1) is 0 Å². The Labute approximate surface area is 154 Å². The maximum absolute atomic E-state index is 12.7. The number of halogens is 1. The molecule has 2 heterocycles. The lowest BCUT2D eigenvalue weighted by Crippen LogP contribution is -2.50. The van der Waals surface area contributed by atoms with Gasteiger partial charge in [-0.3, -0.25) is 14.4 Å². The first kappa shape index (κ1) is 18.0. The maximum Gasteiger partial charge on any atom is 0.258 e. The third-order valence-corrected chi connectivity index (χ3v) is 5.31. The summed E-state index contributed by atoms with van der Waals surface area (Å²) in [5.41, 5.74) is 1.83. The number of hydrogen-bond donors (Lipinski definition) is 0. The Kier molecular flexibility index (Phi) is 5.45. The molecule has 6 heteroatoms. The van der Waals surface area contributed by atoms with Crippen molar-refractivity contribution in [2.24, 2.45) is 13.0 Å². The number of amides is 1. The molecule has 3 rings (SSSR count). The summed E-state index contributed by atoms with van der Waals surface area (Å²) < 4.78 is 1.52. The first-order chi connectivity index (χ1) is 12.0. The molecular formula is C19H25ClN4O. The van der Waals surface area contributed by atoms with Crippen LogP contribution < -0.4 is 0 Å². The van der Waals surface area contributed by atoms with E-state index in [0.717, 1.165) is 13.1 Å². The quantitative estimate of drug-likeness (QED) is 0.840. The minimum atomic E-state index is -0.0291. The van der Waals surface area contributed by atoms with Gasteiger partial charge < -0.3 is 4.90 Å². The Balaban J connectivity index is 1.68. The van der Waals surface area contributed by atoms with Crippen molar-refractivity contribution < 1.29 is 4.79 Å². The third kappa shape index (κ3) is 3.72. The maximum atomic E-state index is 12.7. The zero-order chi connectivity index (χ0) is 18.0. The largest absolute Gasteiger partial charge is 0.336 e. The van der Waals surface area contributed by atoms with Crippen molar-refractivity contribution in [3.63, 3.8) is 0 Å². The molecule has 1 aromatic heterocycles. The van der Waals surface area contributed by atoms with Crippen molar-refractivity contribution >= 4 is 17.5 Å². The molecule has 0 radical (unpaired) electrons. The van der Waals surface area contributed by atoms with Crippen LogP contribution in [-0.4, -0.2) is 51.7 Å². The average molecular weight is 361 g/mol. The molecule has 134 valence electrons. The van der Waals surface area contributed by atoms with Crippen molar-refractivity contribution in [3.05, 3.63) is 52.8 Å². The van der Waals surface area contributed by atoms with E-state index in [9.17, 15) is 4.79 Å². The molecule has 0 spiro atoms. The molecule has 1 saturated heterocycles. The van der Waals surface area contributed by atoms with Crippen molar-refractivity contribution in [3.8, 4) is 0 Å². The lowest BCUT2D eigenvalue weighted by atomic mass is 9.94. The first-order valence-corrected chi connectivity index (χ1v) is 9.12. The predicted molar refractivity (Wildman–Crippen MR) is 99.7 cm³/mol. The van der Waals surface area contributed by atoms with E-state index in [1.807, 2.05) is 4.90 Å². The van der Waals surface area contributed by atoms with E-state index in [4.69, 9.17) is 11.6 Å². The minimum absolute atomic E-state index is 0.0291. The van der Waals surface area contributed by atoms with Crippen LogP contribution in [0.5, 0.6) is 0 Å². The van der Waals surface area contributed by atoms with Gasteiger partial charge in [-0.25, -0.2) is 0 Å². The molecule has 0 N–H and O–H groups in total. The van der Waals surface area contributed by atoms with E-state index in [0.29, 0.717) is 35.8 Å². The molecule has 0 saturated carbocycles. The van der Waals surface area contributed by atoms with Crippen LogP contribution in [0.4, 0.5) is 0 Å². The van der Waals surface area contributed by atoms with E-state index in [2.05, 4.69) is 54.2 Å². The molecule has 1 fully saturated rings. The monoisotopic (exact) mass is 360 g/mol. The highest BCUT2D eigenvalue weighted by molar-refractivity contribution is 6.32. The highest BCUT2D eigenvalue weighted by atomic mass is 35.5. The van der Waals surface area contributed by atoms with Gasteiger partial charge in [0.15, 0.2) is 0 Å². The zero-order valence-electron chi connectivity index (χ0n) is 15.0. The first-order valence-electron chi connectivity index (χ1n) is 8.74. The Morgan fingerprint density at radius 2 is 1.76 bits per heavy atom. The Morgan fingerprint density at radius 1 is 1.12 bits per heavy atom. The van der Waals surface area contributed by atoms with Gasteiger partial charge in [0.25, 0.3) is 5.91 Å². The topological polar surface area (TPSA) is 41.4 Å². The molecule has 1 aliphatic heterocycles. The van der Waals surface area contributed by atoms with E-state index < -0.39 is 0 Å². The highest BCUT2D eigenvalue weighted by Crippen LogP contribution is 2.29. The summed E-state index contributed by atoms with van der Waals surface area (Å²) in [5.74, 6) is 0.482. The number of aromatic nitrogens is 2. The molecule has 2 aromatic rings. The standard InChI is InChI=1S/C19H25ClN4O/c1-14(2)17(15-7-5-4-6-8-15)23-9-11-24(12-10-23)19(25)16-13-21-22(3)18(16)20/h4-8,13-14,17H,9-12H2,1-3H3. The van der Waals surface area contributed by atoms with Gasteiger partial charge in [-0.1, -0.05) is 55.8 Å². The number of nitrogens with zero attached hydrogens (tertiary/aromatic N) is 4. The molecule has 0 bridgehead atoms. The highest BCUT2D eigenvalue weighted by Gasteiger charge is 2.30. The number of carbonyl (C=O) groups is 1. The van der Waals surface area contributed by atoms with Gasteiger partial charge in [0.1, 0.15) is 5.15 Å². The lowest BCUT2D eigenvalue weighted by Gasteiger charge is -2.41. The minimum Gasteiger partial charge on any atom is -0.336 e. The van der Waals surface area contributed by atoms with Crippen LogP contribution in [0.3, 0.4) is 0 Å². The summed E-state index contributed by atoms with van der Waals surface area (Å²) in [7, 11) is 1.74. The van der Waals surface area contributed by atoms with Gasteiger partial charge in [-0.05, 0) is 11.5 Å². The Hall–Kier alpha value is -1.85. The van der Waals surface area contributed by atoms with Gasteiger partial charge in [0, 0.05) is 39.3 Å². The molecule has 1 aliphatic rings. The second kappa shape index (κ2) is 7.58. The number of benzene rings is 1. The van der Waals surface area contributed by atoms with E-state index >= 15 is 0 Å². The summed E-state index contributed by atoms with van der Waals surface area (Å²) in [6.45, 7) is 7.65. The number of piperazine rings is 1. The summed E-state index contributed by atoms with van der Waals surface area (Å²) in [4.78, 5) is 17.0. The summed E-state index contributed by atoms with van der Waals surface area (Å²) >= 11 is 6.17. The van der Waals surface area contributed by atoms with E-state index in [-0.39, 0.29) is 5.91 Å². The SMILES string of the molecule is CC(C)C(c1ccccc1)N1CCN(C(=O)c2cnn(C)c2Cl)CC1. The summed E-state index contributed by atoms with van der Waals surface area (Å²) in [5, 5.41) is 4.46. The number of hydrogen-bond acceptors (Lipinski definition) is 3. The second-order valence-corrected chi connectivity index (χ2v) is 7.26. The molecule has 1 unspecified atom stereocenters. The third-order valence-electron chi connectivity index (χ3n) is 4.86. The molecular weight excluding hydrogens is 336 g/mol. The fraction of sp³-hybridized carbons (Fsp3) is 0.474. The van der Waals surface area contributed by atoms with Crippen LogP contribution in [0, 0.1) is 5.92 Å².